The molecule has 3 heterocycles. The van der Waals surface area contributed by atoms with Crippen molar-refractivity contribution in [2.75, 3.05) is 19.6 Å². The molecule has 3 aromatic rings. The van der Waals surface area contributed by atoms with Gasteiger partial charge in [0.05, 0.1) is 12.1 Å². The smallest absolute Gasteiger partial charge is 0.255 e. The van der Waals surface area contributed by atoms with Gasteiger partial charge in [-0.3, -0.25) is 24.2 Å². The Kier molecular flexibility index (Phi) is 8.06. The molecule has 0 aliphatic carbocycles. The summed E-state index contributed by atoms with van der Waals surface area (Å²) in [5, 5.41) is 6.65. The zero-order valence-electron chi connectivity index (χ0n) is 21.9. The standard InChI is InChI=1S/C28H31N7O4S/c29-28(30)32-12-4-9-21(24(37)26-31-13-14-40-26)33-25(38)22-11-10-18-15-34(16-23(36)35(18)22)27(39)20-8-3-6-17-5-1-2-7-19(17)20/h1-3,5-8,13-14,18,21-22H,4,9-12,15-16H2,(H,33,38)(H4,29,30,32)/t18-,21?,22?/m0/s1. The van der Waals surface area contributed by atoms with Gasteiger partial charge >= 0.3 is 0 Å². The number of fused-ring (bicyclic) bond motifs is 2. The molecule has 1 aromatic heterocycles. The van der Waals surface area contributed by atoms with Crippen LogP contribution in [0.15, 0.2) is 59.0 Å². The molecule has 0 radical (unpaired) electrons. The second kappa shape index (κ2) is 11.8. The van der Waals surface area contributed by atoms with E-state index in [4.69, 9.17) is 11.5 Å². The number of hydrogen-bond acceptors (Lipinski definition) is 7. The Morgan fingerprint density at radius 3 is 2.70 bits per heavy atom. The van der Waals surface area contributed by atoms with Gasteiger partial charge in [0.15, 0.2) is 11.0 Å². The maximum Gasteiger partial charge on any atom is 0.255 e. The van der Waals surface area contributed by atoms with Crippen molar-refractivity contribution in [1.29, 1.82) is 0 Å². The van der Waals surface area contributed by atoms with Gasteiger partial charge in [-0.2, -0.15) is 0 Å². The molecule has 3 atom stereocenters. The summed E-state index contributed by atoms with van der Waals surface area (Å²) in [5.41, 5.74) is 11.3. The number of benzene rings is 2. The Labute approximate surface area is 235 Å². The molecule has 5 N–H and O–H groups in total. The Balaban J connectivity index is 1.27. The van der Waals surface area contributed by atoms with Crippen molar-refractivity contribution in [2.24, 2.45) is 16.5 Å². The lowest BCUT2D eigenvalue weighted by molar-refractivity contribution is -0.144. The number of nitrogens with one attached hydrogen (secondary N) is 1. The maximum atomic E-state index is 13.5. The van der Waals surface area contributed by atoms with E-state index in [0.29, 0.717) is 49.3 Å². The minimum atomic E-state index is -0.823. The molecule has 5 rings (SSSR count). The van der Waals surface area contributed by atoms with E-state index >= 15 is 0 Å². The lowest BCUT2D eigenvalue weighted by Crippen LogP contribution is -2.60. The summed E-state index contributed by atoms with van der Waals surface area (Å²) < 4.78 is 0. The first-order chi connectivity index (χ1) is 19.3. The first-order valence-corrected chi connectivity index (χ1v) is 14.1. The van der Waals surface area contributed by atoms with Crippen molar-refractivity contribution >= 4 is 51.6 Å². The second-order valence-corrected chi connectivity index (χ2v) is 10.9. The van der Waals surface area contributed by atoms with Gasteiger partial charge in [0, 0.05) is 30.2 Å². The van der Waals surface area contributed by atoms with Crippen molar-refractivity contribution in [3.8, 4) is 0 Å². The largest absolute Gasteiger partial charge is 0.370 e. The van der Waals surface area contributed by atoms with Crippen LogP contribution >= 0.6 is 11.3 Å². The van der Waals surface area contributed by atoms with Crippen LogP contribution in [0.2, 0.25) is 0 Å². The molecule has 0 bridgehead atoms. The van der Waals surface area contributed by atoms with E-state index in [2.05, 4.69) is 15.3 Å². The number of carbonyl (C=O) groups excluding carboxylic acids is 4. The third-order valence-electron chi connectivity index (χ3n) is 7.38. The first-order valence-electron chi connectivity index (χ1n) is 13.2. The number of rotatable bonds is 9. The molecule has 2 aliphatic heterocycles. The van der Waals surface area contributed by atoms with Crippen molar-refractivity contribution in [3.63, 3.8) is 0 Å². The number of amides is 3. The third kappa shape index (κ3) is 5.67. The predicted molar refractivity (Wildman–Crippen MR) is 152 cm³/mol. The van der Waals surface area contributed by atoms with Gasteiger partial charge in [0.25, 0.3) is 5.91 Å². The number of piperazine rings is 1. The van der Waals surface area contributed by atoms with E-state index in [1.54, 1.807) is 21.2 Å². The Morgan fingerprint density at radius 1 is 1.12 bits per heavy atom. The van der Waals surface area contributed by atoms with E-state index in [1.165, 1.54) is 17.5 Å². The SMILES string of the molecule is NC(N)=NCCCC(NC(=O)C1CC[C@H]2CN(C(=O)c3cccc4ccccc34)CC(=O)N12)C(=O)c1nccs1. The zero-order valence-corrected chi connectivity index (χ0v) is 22.7. The molecule has 2 aliphatic rings. The number of carbonyl (C=O) groups is 4. The normalized spacial score (nSPS) is 19.2. The van der Waals surface area contributed by atoms with E-state index in [0.717, 1.165) is 10.8 Å². The first kappa shape index (κ1) is 27.3. The highest BCUT2D eigenvalue weighted by Crippen LogP contribution is 2.30. The van der Waals surface area contributed by atoms with Crippen molar-refractivity contribution in [2.45, 2.75) is 43.8 Å². The molecule has 2 fully saturated rings. The molecule has 40 heavy (non-hydrogen) atoms. The highest BCUT2D eigenvalue weighted by atomic mass is 32.1. The van der Waals surface area contributed by atoms with E-state index in [1.807, 2.05) is 36.4 Å². The Morgan fingerprint density at radius 2 is 1.93 bits per heavy atom. The van der Waals surface area contributed by atoms with Crippen molar-refractivity contribution in [3.05, 3.63) is 64.6 Å². The molecule has 12 heteroatoms. The number of nitrogens with two attached hydrogens (primary N) is 2. The van der Waals surface area contributed by atoms with Crippen LogP contribution in [0.5, 0.6) is 0 Å². The lowest BCUT2D eigenvalue weighted by atomic mass is 10.0. The van der Waals surface area contributed by atoms with Crippen molar-refractivity contribution in [1.82, 2.24) is 20.1 Å². The molecular formula is C28H31N7O4S. The van der Waals surface area contributed by atoms with Crippen molar-refractivity contribution < 1.29 is 19.2 Å². The Bertz CT molecular complexity index is 1450. The van der Waals surface area contributed by atoms with Crippen LogP contribution < -0.4 is 16.8 Å². The van der Waals surface area contributed by atoms with Crippen LogP contribution in [0, 0.1) is 0 Å². The maximum absolute atomic E-state index is 13.5. The fraction of sp³-hybridized carbons (Fsp3) is 0.357. The quantitative estimate of drug-likeness (QED) is 0.154. The number of nitrogens with zero attached hydrogens (tertiary/aromatic N) is 4. The van der Waals surface area contributed by atoms with Gasteiger partial charge in [-0.15, -0.1) is 11.3 Å². The second-order valence-electron chi connectivity index (χ2n) is 9.97. The van der Waals surface area contributed by atoms with Crippen LogP contribution in [-0.2, 0) is 9.59 Å². The number of Topliss-reactive ketones (excluding diaryl/α,β-unsaturated/α-hetero) is 1. The van der Waals surface area contributed by atoms with Crippen LogP contribution in [0.3, 0.4) is 0 Å². The van der Waals surface area contributed by atoms with E-state index in [9.17, 15) is 19.2 Å². The molecule has 3 amide bonds. The molecule has 0 saturated carbocycles. The fourth-order valence-electron chi connectivity index (χ4n) is 5.53. The lowest BCUT2D eigenvalue weighted by Gasteiger charge is -2.39. The summed E-state index contributed by atoms with van der Waals surface area (Å²) >= 11 is 1.20. The highest BCUT2D eigenvalue weighted by molar-refractivity contribution is 7.11. The molecular weight excluding hydrogens is 530 g/mol. The summed E-state index contributed by atoms with van der Waals surface area (Å²) in [6.07, 6.45) is 3.36. The van der Waals surface area contributed by atoms with Crippen LogP contribution in [0.25, 0.3) is 10.8 Å². The minimum absolute atomic E-state index is 0.0413. The molecule has 2 saturated heterocycles. The van der Waals surface area contributed by atoms with Gasteiger partial charge in [-0.25, -0.2) is 4.98 Å². The minimum Gasteiger partial charge on any atom is -0.370 e. The third-order valence-corrected chi connectivity index (χ3v) is 8.17. The van der Waals surface area contributed by atoms with Crippen LogP contribution in [0.4, 0.5) is 0 Å². The molecule has 2 aromatic carbocycles. The molecule has 11 nitrogen and oxygen atoms in total. The van der Waals surface area contributed by atoms with Gasteiger partial charge < -0.3 is 26.6 Å². The average molecular weight is 562 g/mol. The number of aromatic nitrogens is 1. The number of ketones is 1. The monoisotopic (exact) mass is 561 g/mol. The van der Waals surface area contributed by atoms with E-state index in [-0.39, 0.29) is 42.1 Å². The number of thiazole rings is 1. The van der Waals surface area contributed by atoms with Gasteiger partial charge in [0.1, 0.15) is 12.6 Å². The number of hydrogen-bond donors (Lipinski definition) is 3. The van der Waals surface area contributed by atoms with Crippen LogP contribution in [0.1, 0.15) is 45.8 Å². The summed E-state index contributed by atoms with van der Waals surface area (Å²) in [7, 11) is 0. The molecule has 0 spiro atoms. The average Bonchev–Trinajstić information content (AvgIpc) is 3.64. The Hall–Kier alpha value is -4.32. The van der Waals surface area contributed by atoms with Crippen LogP contribution in [-0.4, -0.2) is 82.0 Å². The zero-order chi connectivity index (χ0) is 28.2. The molecule has 208 valence electrons. The molecule has 2 unspecified atom stereocenters. The summed E-state index contributed by atoms with van der Waals surface area (Å²) in [6.45, 7) is 0.552. The van der Waals surface area contributed by atoms with Gasteiger partial charge in [-0.05, 0) is 42.5 Å². The topological polar surface area (TPSA) is 164 Å². The summed E-state index contributed by atoms with van der Waals surface area (Å²) in [5.74, 6) is -1.20. The number of aliphatic imine (C=N–C) groups is 1. The highest BCUT2D eigenvalue weighted by Gasteiger charge is 2.46. The summed E-state index contributed by atoms with van der Waals surface area (Å²) in [4.78, 5) is 64.5. The number of guanidine groups is 1. The summed E-state index contributed by atoms with van der Waals surface area (Å²) in [6, 6.07) is 11.4. The van der Waals surface area contributed by atoms with Gasteiger partial charge in [0.2, 0.25) is 17.6 Å². The predicted octanol–water partition coefficient (Wildman–Crippen LogP) is 1.53. The van der Waals surface area contributed by atoms with Gasteiger partial charge in [-0.1, -0.05) is 36.4 Å². The van der Waals surface area contributed by atoms with E-state index < -0.39 is 12.1 Å². The fourth-order valence-corrected chi connectivity index (χ4v) is 6.16.